The molecule has 1 heterocycles. The molecule has 0 aliphatic heterocycles. The number of halogens is 1. The zero-order chi connectivity index (χ0) is 13.1. The molecule has 0 bridgehead atoms. The van der Waals surface area contributed by atoms with Gasteiger partial charge in [-0.05, 0) is 11.6 Å². The molecule has 6 heteroatoms. The number of nitrogens with zero attached hydrogens (tertiary/aromatic N) is 3. The summed E-state index contributed by atoms with van der Waals surface area (Å²) >= 11 is 6.08. The van der Waals surface area contributed by atoms with Gasteiger partial charge in [-0.15, -0.1) is 0 Å². The zero-order valence-electron chi connectivity index (χ0n) is 9.81. The van der Waals surface area contributed by atoms with Crippen LogP contribution >= 0.6 is 11.6 Å². The number of hydrogen-bond acceptors (Lipinski definition) is 4. The number of hydrogen-bond donors (Lipinski definition) is 2. The number of nitriles is 1. The van der Waals surface area contributed by atoms with E-state index in [4.69, 9.17) is 22.6 Å². The van der Waals surface area contributed by atoms with Crippen molar-refractivity contribution in [3.63, 3.8) is 0 Å². The van der Waals surface area contributed by atoms with Gasteiger partial charge in [-0.3, -0.25) is 0 Å². The molecular weight excluding hydrogens is 250 g/mol. The van der Waals surface area contributed by atoms with Crippen molar-refractivity contribution in [3.8, 4) is 6.07 Å². The maximum atomic E-state index is 9.01. The van der Waals surface area contributed by atoms with Crippen LogP contribution in [0.1, 0.15) is 11.1 Å². The Morgan fingerprint density at radius 1 is 1.50 bits per heavy atom. The highest BCUT2D eigenvalue weighted by Crippen LogP contribution is 2.23. The highest BCUT2D eigenvalue weighted by molar-refractivity contribution is 6.31. The fourth-order valence-electron chi connectivity index (χ4n) is 1.67. The van der Waals surface area contributed by atoms with Gasteiger partial charge in [0.1, 0.15) is 17.5 Å². The van der Waals surface area contributed by atoms with Crippen molar-refractivity contribution < 1.29 is 0 Å². The third-order valence-electron chi connectivity index (χ3n) is 2.62. The Labute approximate surface area is 110 Å². The molecule has 2 rings (SSSR count). The van der Waals surface area contributed by atoms with Gasteiger partial charge in [0.15, 0.2) is 5.82 Å². The molecule has 0 aliphatic carbocycles. The van der Waals surface area contributed by atoms with Crippen molar-refractivity contribution in [3.05, 3.63) is 40.4 Å². The summed E-state index contributed by atoms with van der Waals surface area (Å²) < 4.78 is 1.56. The van der Waals surface area contributed by atoms with Crippen LogP contribution in [-0.2, 0) is 6.54 Å². The second-order valence-corrected chi connectivity index (χ2v) is 4.13. The molecule has 0 amide bonds. The van der Waals surface area contributed by atoms with E-state index in [1.165, 1.54) is 0 Å². The molecule has 0 spiro atoms. The molecule has 0 aliphatic rings. The van der Waals surface area contributed by atoms with Crippen molar-refractivity contribution in [2.24, 2.45) is 0 Å². The number of aromatic nitrogens is 2. The van der Waals surface area contributed by atoms with E-state index < -0.39 is 0 Å². The van der Waals surface area contributed by atoms with Gasteiger partial charge >= 0.3 is 0 Å². The van der Waals surface area contributed by atoms with E-state index in [0.29, 0.717) is 28.8 Å². The first-order valence-corrected chi connectivity index (χ1v) is 5.72. The quantitative estimate of drug-likeness (QED) is 0.887. The van der Waals surface area contributed by atoms with Gasteiger partial charge in [-0.25, -0.2) is 4.68 Å². The van der Waals surface area contributed by atoms with Crippen molar-refractivity contribution in [2.45, 2.75) is 6.54 Å². The molecular formula is C12H12ClN5. The van der Waals surface area contributed by atoms with E-state index in [9.17, 15) is 0 Å². The lowest BCUT2D eigenvalue weighted by Gasteiger charge is -2.05. The Hall–Kier alpha value is -2.19. The second kappa shape index (κ2) is 4.98. The predicted octanol–water partition coefficient (Wildman–Crippen LogP) is 2.08. The monoisotopic (exact) mass is 261 g/mol. The maximum Gasteiger partial charge on any atom is 0.168 e. The minimum absolute atomic E-state index is 0.335. The van der Waals surface area contributed by atoms with E-state index in [-0.39, 0.29) is 0 Å². The molecule has 1 aromatic carbocycles. The SMILES string of the molecule is CNc1nn(Cc2ccccc2Cl)c(N)c1C#N. The minimum atomic E-state index is 0.335. The largest absolute Gasteiger partial charge is 0.383 e. The van der Waals surface area contributed by atoms with E-state index in [0.717, 1.165) is 5.56 Å². The van der Waals surface area contributed by atoms with Crippen LogP contribution in [0, 0.1) is 11.3 Å². The topological polar surface area (TPSA) is 79.7 Å². The third-order valence-corrected chi connectivity index (χ3v) is 2.99. The van der Waals surface area contributed by atoms with Crippen LogP contribution < -0.4 is 11.1 Å². The van der Waals surface area contributed by atoms with Gasteiger partial charge in [0.2, 0.25) is 0 Å². The van der Waals surface area contributed by atoms with Crippen molar-refractivity contribution in [2.75, 3.05) is 18.1 Å². The molecule has 0 atom stereocenters. The number of benzene rings is 1. The number of nitrogen functional groups attached to an aromatic ring is 1. The highest BCUT2D eigenvalue weighted by atomic mass is 35.5. The molecule has 0 unspecified atom stereocenters. The van der Waals surface area contributed by atoms with Crippen LogP contribution in [-0.4, -0.2) is 16.8 Å². The summed E-state index contributed by atoms with van der Waals surface area (Å²) in [6.45, 7) is 0.432. The third kappa shape index (κ3) is 2.11. The van der Waals surface area contributed by atoms with Crippen LogP contribution in [0.15, 0.2) is 24.3 Å². The summed E-state index contributed by atoms with van der Waals surface area (Å²) in [7, 11) is 1.70. The van der Waals surface area contributed by atoms with Crippen LogP contribution in [0.4, 0.5) is 11.6 Å². The maximum absolute atomic E-state index is 9.01. The van der Waals surface area contributed by atoms with Crippen molar-refractivity contribution in [1.29, 1.82) is 5.26 Å². The Bertz CT molecular complexity index is 611. The molecule has 0 radical (unpaired) electrons. The van der Waals surface area contributed by atoms with Gasteiger partial charge in [0.25, 0.3) is 0 Å². The molecule has 18 heavy (non-hydrogen) atoms. The molecule has 0 saturated carbocycles. The summed E-state index contributed by atoms with van der Waals surface area (Å²) in [5.74, 6) is 0.809. The molecule has 92 valence electrons. The number of rotatable bonds is 3. The Morgan fingerprint density at radius 2 is 2.22 bits per heavy atom. The van der Waals surface area contributed by atoms with Crippen LogP contribution in [0.2, 0.25) is 5.02 Å². The van der Waals surface area contributed by atoms with E-state index in [1.54, 1.807) is 17.8 Å². The average molecular weight is 262 g/mol. The van der Waals surface area contributed by atoms with E-state index >= 15 is 0 Å². The zero-order valence-corrected chi connectivity index (χ0v) is 10.6. The van der Waals surface area contributed by atoms with Gasteiger partial charge in [-0.1, -0.05) is 29.8 Å². The fraction of sp³-hybridized carbons (Fsp3) is 0.167. The lowest BCUT2D eigenvalue weighted by Crippen LogP contribution is -2.06. The smallest absolute Gasteiger partial charge is 0.168 e. The van der Waals surface area contributed by atoms with Crippen LogP contribution in [0.5, 0.6) is 0 Å². The summed E-state index contributed by atoms with van der Waals surface area (Å²) in [6.07, 6.45) is 0. The van der Waals surface area contributed by atoms with E-state index in [1.807, 2.05) is 24.3 Å². The van der Waals surface area contributed by atoms with Gasteiger partial charge in [0, 0.05) is 12.1 Å². The molecule has 0 saturated heterocycles. The van der Waals surface area contributed by atoms with Gasteiger partial charge in [0.05, 0.1) is 6.54 Å². The summed E-state index contributed by atoms with van der Waals surface area (Å²) in [5, 5.41) is 16.7. The minimum Gasteiger partial charge on any atom is -0.383 e. The fourth-order valence-corrected chi connectivity index (χ4v) is 1.86. The first-order chi connectivity index (χ1) is 8.67. The number of nitrogens with one attached hydrogen (secondary N) is 1. The van der Waals surface area contributed by atoms with Gasteiger partial charge in [-0.2, -0.15) is 10.4 Å². The molecule has 2 aromatic rings. The molecule has 0 fully saturated rings. The number of anilines is 2. The Morgan fingerprint density at radius 3 is 2.78 bits per heavy atom. The summed E-state index contributed by atoms with van der Waals surface area (Å²) in [6, 6.07) is 9.49. The standard InChI is InChI=1S/C12H12ClN5/c1-16-12-9(6-14)11(15)18(17-12)7-8-4-2-3-5-10(8)13/h2-5H,7,15H2,1H3,(H,16,17). The van der Waals surface area contributed by atoms with Crippen molar-refractivity contribution >= 4 is 23.2 Å². The number of nitrogens with two attached hydrogens (primary N) is 1. The van der Waals surface area contributed by atoms with Crippen molar-refractivity contribution in [1.82, 2.24) is 9.78 Å². The Kier molecular flexibility index (Phi) is 3.40. The van der Waals surface area contributed by atoms with Gasteiger partial charge < -0.3 is 11.1 Å². The summed E-state index contributed by atoms with van der Waals surface area (Å²) in [4.78, 5) is 0. The second-order valence-electron chi connectivity index (χ2n) is 3.72. The summed E-state index contributed by atoms with van der Waals surface area (Å²) in [5.41, 5.74) is 7.14. The van der Waals surface area contributed by atoms with Crippen LogP contribution in [0.25, 0.3) is 0 Å². The van der Waals surface area contributed by atoms with Crippen LogP contribution in [0.3, 0.4) is 0 Å². The van der Waals surface area contributed by atoms with E-state index in [2.05, 4.69) is 10.4 Å². The first-order valence-electron chi connectivity index (χ1n) is 5.35. The lowest BCUT2D eigenvalue weighted by molar-refractivity contribution is 0.699. The lowest BCUT2D eigenvalue weighted by atomic mass is 10.2. The molecule has 1 aromatic heterocycles. The highest BCUT2D eigenvalue weighted by Gasteiger charge is 2.14. The normalized spacial score (nSPS) is 10.1. The Balaban J connectivity index is 2.39. The first kappa shape index (κ1) is 12.3. The molecule has 5 nitrogen and oxygen atoms in total. The average Bonchev–Trinajstić information content (AvgIpc) is 2.68. The predicted molar refractivity (Wildman–Crippen MR) is 71.5 cm³/mol. The molecule has 3 N–H and O–H groups in total.